The van der Waals surface area contributed by atoms with Gasteiger partial charge in [0.2, 0.25) is 15.9 Å². The molecule has 0 unspecified atom stereocenters. The minimum absolute atomic E-state index is 0.0154. The Morgan fingerprint density at radius 3 is 2.44 bits per heavy atom. The second-order valence-electron chi connectivity index (χ2n) is 7.88. The van der Waals surface area contributed by atoms with Crippen molar-refractivity contribution in [2.24, 2.45) is 0 Å². The number of likely N-dealkylation sites (N-methyl/N-ethyl adjacent to an activating group) is 1. The predicted molar refractivity (Wildman–Crippen MR) is 125 cm³/mol. The van der Waals surface area contributed by atoms with Crippen LogP contribution in [-0.2, 0) is 14.8 Å². The summed E-state index contributed by atoms with van der Waals surface area (Å²) in [4.78, 5) is 17.0. The zero-order valence-corrected chi connectivity index (χ0v) is 19.8. The Hall–Kier alpha value is -2.20. The van der Waals surface area contributed by atoms with Crippen molar-refractivity contribution in [3.8, 4) is 0 Å². The second-order valence-corrected chi connectivity index (χ2v) is 10.4. The zero-order chi connectivity index (χ0) is 23.3. The molecule has 2 aromatic rings. The molecule has 0 aromatic heterocycles. The van der Waals surface area contributed by atoms with E-state index >= 15 is 0 Å². The zero-order valence-electron chi connectivity index (χ0n) is 18.2. The Morgan fingerprint density at radius 2 is 1.78 bits per heavy atom. The highest BCUT2D eigenvalue weighted by Gasteiger charge is 2.21. The summed E-state index contributed by atoms with van der Waals surface area (Å²) in [5.74, 6) is -0.713. The maximum Gasteiger partial charge on any atom is 0.242 e. The lowest BCUT2D eigenvalue weighted by molar-refractivity contribution is -0.116. The van der Waals surface area contributed by atoms with Crippen molar-refractivity contribution in [1.29, 1.82) is 0 Å². The van der Waals surface area contributed by atoms with E-state index in [2.05, 4.69) is 22.2 Å². The van der Waals surface area contributed by atoms with Crippen molar-refractivity contribution in [2.45, 2.75) is 17.7 Å². The third-order valence-electron chi connectivity index (χ3n) is 5.48. The standard InChI is InChI=1S/C22H28ClFN4O3S/c1-26-12-14-28(15-13-26)21-10-5-17(23)16-20(21)25-22(29)4-3-11-27(2)32(30,31)19-8-6-18(24)7-9-19/h5-10,16H,3-4,11-15H2,1-2H3,(H,25,29). The van der Waals surface area contributed by atoms with Crippen LogP contribution in [0.4, 0.5) is 15.8 Å². The van der Waals surface area contributed by atoms with Gasteiger partial charge in [-0.15, -0.1) is 0 Å². The van der Waals surface area contributed by atoms with Gasteiger partial charge in [-0.25, -0.2) is 17.1 Å². The molecule has 1 fully saturated rings. The van der Waals surface area contributed by atoms with Crippen LogP contribution in [0.25, 0.3) is 0 Å². The van der Waals surface area contributed by atoms with Gasteiger partial charge in [-0.1, -0.05) is 11.6 Å². The Bertz CT molecular complexity index is 1040. The summed E-state index contributed by atoms with van der Waals surface area (Å²) in [5, 5.41) is 3.45. The molecule has 0 aliphatic carbocycles. The van der Waals surface area contributed by atoms with Gasteiger partial charge in [-0.3, -0.25) is 4.79 Å². The van der Waals surface area contributed by atoms with Crippen molar-refractivity contribution in [3.05, 3.63) is 53.3 Å². The minimum atomic E-state index is -3.74. The summed E-state index contributed by atoms with van der Waals surface area (Å²) in [6.07, 6.45) is 0.491. The molecule has 0 bridgehead atoms. The van der Waals surface area contributed by atoms with Gasteiger partial charge >= 0.3 is 0 Å². The van der Waals surface area contributed by atoms with Crippen LogP contribution in [-0.4, -0.2) is 70.3 Å². The van der Waals surface area contributed by atoms with Crippen molar-refractivity contribution in [3.63, 3.8) is 0 Å². The van der Waals surface area contributed by atoms with E-state index in [9.17, 15) is 17.6 Å². The molecule has 1 aliphatic heterocycles. The van der Waals surface area contributed by atoms with Gasteiger partial charge in [0.05, 0.1) is 16.3 Å². The molecule has 7 nitrogen and oxygen atoms in total. The lowest BCUT2D eigenvalue weighted by atomic mass is 10.2. The van der Waals surface area contributed by atoms with Crippen molar-refractivity contribution < 1.29 is 17.6 Å². The molecule has 1 amide bonds. The average molecular weight is 483 g/mol. The summed E-state index contributed by atoms with van der Waals surface area (Å²) >= 11 is 6.15. The molecule has 1 N–H and O–H groups in total. The molecule has 32 heavy (non-hydrogen) atoms. The maximum atomic E-state index is 13.1. The molecule has 0 spiro atoms. The summed E-state index contributed by atoms with van der Waals surface area (Å²) in [5.41, 5.74) is 1.58. The number of benzene rings is 2. The number of carbonyl (C=O) groups excluding carboxylic acids is 1. The first-order valence-corrected chi connectivity index (χ1v) is 12.2. The van der Waals surface area contributed by atoms with E-state index in [1.54, 1.807) is 12.1 Å². The molecular formula is C22H28ClFN4O3S. The SMILES string of the molecule is CN1CCN(c2ccc(Cl)cc2NC(=O)CCCN(C)S(=O)(=O)c2ccc(F)cc2)CC1. The fourth-order valence-corrected chi connectivity index (χ4v) is 4.89. The molecule has 1 heterocycles. The maximum absolute atomic E-state index is 13.1. The fourth-order valence-electron chi connectivity index (χ4n) is 3.51. The van der Waals surface area contributed by atoms with Crippen molar-refractivity contribution >= 4 is 38.9 Å². The van der Waals surface area contributed by atoms with Crippen LogP contribution in [0.3, 0.4) is 0 Å². The lowest BCUT2D eigenvalue weighted by Gasteiger charge is -2.35. The number of halogens is 2. The van der Waals surface area contributed by atoms with Crippen LogP contribution in [0.5, 0.6) is 0 Å². The Morgan fingerprint density at radius 1 is 1.12 bits per heavy atom. The van der Waals surface area contributed by atoms with Crippen molar-refractivity contribution in [1.82, 2.24) is 9.21 Å². The summed E-state index contributed by atoms with van der Waals surface area (Å²) in [6, 6.07) is 10.1. The van der Waals surface area contributed by atoms with Crippen LogP contribution in [0.15, 0.2) is 47.4 Å². The molecule has 0 radical (unpaired) electrons. The number of hydrogen-bond acceptors (Lipinski definition) is 5. The molecule has 1 aliphatic rings. The van der Waals surface area contributed by atoms with Crippen LogP contribution in [0, 0.1) is 5.82 Å². The van der Waals surface area contributed by atoms with Crippen molar-refractivity contribution in [2.75, 3.05) is 57.0 Å². The number of nitrogens with one attached hydrogen (secondary N) is 1. The molecule has 10 heteroatoms. The van der Waals surface area contributed by atoms with Gasteiger partial charge in [-0.05, 0) is 55.9 Å². The molecule has 2 aromatic carbocycles. The summed E-state index contributed by atoms with van der Waals surface area (Å²) in [6.45, 7) is 3.74. The number of sulfonamides is 1. The van der Waals surface area contributed by atoms with E-state index in [1.807, 2.05) is 6.07 Å². The van der Waals surface area contributed by atoms with Gasteiger partial charge in [0, 0.05) is 51.2 Å². The molecule has 3 rings (SSSR count). The van der Waals surface area contributed by atoms with Gasteiger partial charge in [0.25, 0.3) is 0 Å². The molecular weight excluding hydrogens is 455 g/mol. The molecule has 1 saturated heterocycles. The highest BCUT2D eigenvalue weighted by Crippen LogP contribution is 2.30. The number of carbonyl (C=O) groups is 1. The Labute approximate surface area is 193 Å². The quantitative estimate of drug-likeness (QED) is 0.625. The van der Waals surface area contributed by atoms with Crippen LogP contribution < -0.4 is 10.2 Å². The number of anilines is 2. The fraction of sp³-hybridized carbons (Fsp3) is 0.409. The van der Waals surface area contributed by atoms with E-state index in [4.69, 9.17) is 11.6 Å². The predicted octanol–water partition coefficient (Wildman–Crippen LogP) is 3.27. The third kappa shape index (κ3) is 6.19. The number of piperazine rings is 1. The lowest BCUT2D eigenvalue weighted by Crippen LogP contribution is -2.44. The smallest absolute Gasteiger partial charge is 0.242 e. The van der Waals surface area contributed by atoms with Crippen LogP contribution >= 0.6 is 11.6 Å². The van der Waals surface area contributed by atoms with Crippen LogP contribution in [0.2, 0.25) is 5.02 Å². The largest absolute Gasteiger partial charge is 0.367 e. The number of rotatable bonds is 8. The van der Waals surface area contributed by atoms with Gasteiger partial charge in [-0.2, -0.15) is 0 Å². The minimum Gasteiger partial charge on any atom is -0.367 e. The first-order valence-electron chi connectivity index (χ1n) is 10.4. The van der Waals surface area contributed by atoms with E-state index in [0.29, 0.717) is 17.1 Å². The topological polar surface area (TPSA) is 73.0 Å². The van der Waals surface area contributed by atoms with Gasteiger partial charge in [0.15, 0.2) is 0 Å². The normalized spacial score (nSPS) is 15.2. The molecule has 174 valence electrons. The number of hydrogen-bond donors (Lipinski definition) is 1. The van der Waals surface area contributed by atoms with E-state index < -0.39 is 15.8 Å². The monoisotopic (exact) mass is 482 g/mol. The highest BCUT2D eigenvalue weighted by atomic mass is 35.5. The van der Waals surface area contributed by atoms with E-state index in [-0.39, 0.29) is 23.8 Å². The Balaban J connectivity index is 1.57. The molecule has 0 atom stereocenters. The highest BCUT2D eigenvalue weighted by molar-refractivity contribution is 7.89. The van der Waals surface area contributed by atoms with Crippen LogP contribution in [0.1, 0.15) is 12.8 Å². The number of amides is 1. The summed E-state index contributed by atoms with van der Waals surface area (Å²) in [7, 11) is -0.215. The summed E-state index contributed by atoms with van der Waals surface area (Å²) < 4.78 is 39.4. The van der Waals surface area contributed by atoms with Gasteiger partial charge in [0.1, 0.15) is 5.82 Å². The number of nitrogens with zero attached hydrogens (tertiary/aromatic N) is 3. The molecule has 0 saturated carbocycles. The van der Waals surface area contributed by atoms with Gasteiger partial charge < -0.3 is 15.1 Å². The first kappa shape index (κ1) is 24.4. The Kier molecular flexibility index (Phi) is 8.10. The third-order valence-corrected chi connectivity index (χ3v) is 7.58. The van der Waals surface area contributed by atoms with E-state index in [0.717, 1.165) is 44.0 Å². The van der Waals surface area contributed by atoms with E-state index in [1.165, 1.54) is 23.5 Å². The second kappa shape index (κ2) is 10.6. The first-order chi connectivity index (χ1) is 15.2. The average Bonchev–Trinajstić information content (AvgIpc) is 2.75.